The number of rotatable bonds is 7. The van der Waals surface area contributed by atoms with Gasteiger partial charge < -0.3 is 25.2 Å². The molecule has 2 N–H and O–H groups in total. The van der Waals surface area contributed by atoms with E-state index in [1.165, 1.54) is 17.8 Å². The van der Waals surface area contributed by atoms with Crippen LogP contribution in [0.4, 0.5) is 11.4 Å². The van der Waals surface area contributed by atoms with Crippen LogP contribution in [-0.2, 0) is 0 Å². The molecule has 2 fully saturated rings. The Bertz CT molecular complexity index is 862. The third-order valence-corrected chi connectivity index (χ3v) is 6.21. The maximum Gasteiger partial charge on any atom is 0.191 e. The highest BCUT2D eigenvalue weighted by molar-refractivity contribution is 14.0. The van der Waals surface area contributed by atoms with Crippen molar-refractivity contribution in [1.29, 1.82) is 0 Å². The summed E-state index contributed by atoms with van der Waals surface area (Å²) in [5.74, 6) is 2.44. The first-order valence-electron chi connectivity index (χ1n) is 11.5. The molecule has 174 valence electrons. The molecule has 0 radical (unpaired) electrons. The van der Waals surface area contributed by atoms with Gasteiger partial charge in [-0.05, 0) is 49.9 Å². The molecule has 7 heteroatoms. The normalized spacial score (nSPS) is 20.8. The highest BCUT2D eigenvalue weighted by atomic mass is 127. The average molecular weight is 550 g/mol. The Morgan fingerprint density at radius 1 is 1.00 bits per heavy atom. The first-order valence-corrected chi connectivity index (χ1v) is 11.5. The largest absolute Gasteiger partial charge is 0.497 e. The van der Waals surface area contributed by atoms with Crippen LogP contribution in [0.5, 0.6) is 5.75 Å². The van der Waals surface area contributed by atoms with Gasteiger partial charge in [0.05, 0.1) is 7.11 Å². The number of hydrogen-bond acceptors (Lipinski definition) is 4. The van der Waals surface area contributed by atoms with Gasteiger partial charge in [-0.3, -0.25) is 4.99 Å². The van der Waals surface area contributed by atoms with E-state index in [0.717, 1.165) is 57.4 Å². The van der Waals surface area contributed by atoms with E-state index in [-0.39, 0.29) is 24.0 Å². The minimum atomic E-state index is 0. The van der Waals surface area contributed by atoms with Gasteiger partial charge in [0.1, 0.15) is 5.75 Å². The maximum absolute atomic E-state index is 5.38. The van der Waals surface area contributed by atoms with Crippen LogP contribution >= 0.6 is 24.0 Å². The fourth-order valence-corrected chi connectivity index (χ4v) is 4.51. The van der Waals surface area contributed by atoms with E-state index in [0.29, 0.717) is 12.0 Å². The van der Waals surface area contributed by atoms with Gasteiger partial charge in [0.2, 0.25) is 0 Å². The molecule has 2 aromatic rings. The molecule has 0 aliphatic carbocycles. The number of aliphatic imine (C=N–C) groups is 1. The summed E-state index contributed by atoms with van der Waals surface area (Å²) in [5.41, 5.74) is 2.54. The van der Waals surface area contributed by atoms with Gasteiger partial charge in [0.15, 0.2) is 5.96 Å². The lowest BCUT2D eigenvalue weighted by Crippen LogP contribution is -2.45. The van der Waals surface area contributed by atoms with Crippen molar-refractivity contribution in [2.45, 2.75) is 25.8 Å². The van der Waals surface area contributed by atoms with Gasteiger partial charge in [-0.25, -0.2) is 0 Å². The van der Waals surface area contributed by atoms with Crippen LogP contribution in [0.25, 0.3) is 0 Å². The first kappa shape index (κ1) is 24.5. The fourth-order valence-electron chi connectivity index (χ4n) is 4.51. The molecule has 2 heterocycles. The van der Waals surface area contributed by atoms with Crippen molar-refractivity contribution in [3.05, 3.63) is 54.6 Å². The number of hydrogen-bond donors (Lipinski definition) is 2. The second-order valence-corrected chi connectivity index (χ2v) is 8.43. The van der Waals surface area contributed by atoms with Crippen LogP contribution in [-0.4, -0.2) is 58.4 Å². The lowest BCUT2D eigenvalue weighted by Gasteiger charge is -2.21. The van der Waals surface area contributed by atoms with E-state index >= 15 is 0 Å². The molecule has 2 aliphatic rings. The predicted octanol–water partition coefficient (Wildman–Crippen LogP) is 3.97. The molecule has 2 aliphatic heterocycles. The Labute approximate surface area is 209 Å². The molecule has 0 bridgehead atoms. The third kappa shape index (κ3) is 6.43. The summed E-state index contributed by atoms with van der Waals surface area (Å²) in [4.78, 5) is 9.83. The van der Waals surface area contributed by atoms with Crippen LogP contribution in [0.15, 0.2) is 59.6 Å². The second kappa shape index (κ2) is 12.2. The molecule has 6 nitrogen and oxygen atoms in total. The summed E-state index contributed by atoms with van der Waals surface area (Å²) in [6.45, 7) is 8.07. The van der Waals surface area contributed by atoms with Crippen molar-refractivity contribution < 1.29 is 4.74 Å². The first-order chi connectivity index (χ1) is 15.2. The van der Waals surface area contributed by atoms with Crippen molar-refractivity contribution in [1.82, 2.24) is 10.6 Å². The Morgan fingerprint density at radius 2 is 1.75 bits per heavy atom. The smallest absolute Gasteiger partial charge is 0.191 e. The third-order valence-electron chi connectivity index (χ3n) is 6.21. The summed E-state index contributed by atoms with van der Waals surface area (Å²) in [6, 6.07) is 19.4. The van der Waals surface area contributed by atoms with Gasteiger partial charge in [0.25, 0.3) is 0 Å². The zero-order valence-electron chi connectivity index (χ0n) is 19.2. The molecule has 4 rings (SSSR count). The summed E-state index contributed by atoms with van der Waals surface area (Å²) >= 11 is 0. The van der Waals surface area contributed by atoms with Crippen LogP contribution in [0.2, 0.25) is 0 Å². The molecule has 2 saturated heterocycles. The summed E-state index contributed by atoms with van der Waals surface area (Å²) in [6.07, 6.45) is 2.30. The van der Waals surface area contributed by atoms with Crippen LogP contribution in [0.1, 0.15) is 19.8 Å². The summed E-state index contributed by atoms with van der Waals surface area (Å²) < 4.78 is 5.38. The highest BCUT2D eigenvalue weighted by Gasteiger charge is 2.25. The number of nitrogens with one attached hydrogen (secondary N) is 2. The minimum absolute atomic E-state index is 0. The predicted molar refractivity (Wildman–Crippen MR) is 145 cm³/mol. The number of guanidine groups is 1. The topological polar surface area (TPSA) is 52.1 Å². The molecule has 0 amide bonds. The van der Waals surface area contributed by atoms with E-state index in [4.69, 9.17) is 9.73 Å². The SMILES string of the molecule is CCNC(=NCC1CCN(c2cccc(OC)c2)C1)NC1CCN(c2ccccc2)C1.I. The molecule has 32 heavy (non-hydrogen) atoms. The zero-order chi connectivity index (χ0) is 21.5. The van der Waals surface area contributed by atoms with Crippen molar-refractivity contribution in [3.8, 4) is 5.75 Å². The number of para-hydroxylation sites is 1. The molecule has 0 saturated carbocycles. The lowest BCUT2D eigenvalue weighted by atomic mass is 10.1. The maximum atomic E-state index is 5.38. The van der Waals surface area contributed by atoms with Crippen molar-refractivity contribution in [2.24, 2.45) is 10.9 Å². The Balaban J connectivity index is 0.00000289. The van der Waals surface area contributed by atoms with Gasteiger partial charge >= 0.3 is 0 Å². The molecule has 2 unspecified atom stereocenters. The van der Waals surface area contributed by atoms with Crippen LogP contribution < -0.4 is 25.2 Å². The fraction of sp³-hybridized carbons (Fsp3) is 0.480. The number of halogens is 1. The van der Waals surface area contributed by atoms with Crippen LogP contribution in [0, 0.1) is 5.92 Å². The Hall–Kier alpha value is -2.16. The van der Waals surface area contributed by atoms with E-state index in [9.17, 15) is 0 Å². The van der Waals surface area contributed by atoms with E-state index in [1.807, 2.05) is 6.07 Å². The number of nitrogens with zero attached hydrogens (tertiary/aromatic N) is 3. The highest BCUT2D eigenvalue weighted by Crippen LogP contribution is 2.27. The van der Waals surface area contributed by atoms with Crippen LogP contribution in [0.3, 0.4) is 0 Å². The van der Waals surface area contributed by atoms with E-state index in [1.54, 1.807) is 7.11 Å². The summed E-state index contributed by atoms with van der Waals surface area (Å²) in [5, 5.41) is 7.10. The molecule has 2 aromatic carbocycles. The van der Waals surface area contributed by atoms with Crippen molar-refractivity contribution >= 4 is 41.3 Å². The zero-order valence-corrected chi connectivity index (χ0v) is 21.5. The molecular formula is C25H36IN5O. The standard InChI is InChI=1S/C25H35N5O.HI/c1-3-26-25(28-21-13-15-30(19-21)22-8-5-4-6-9-22)27-17-20-12-14-29(18-20)23-10-7-11-24(16-23)31-2;/h4-11,16,20-21H,3,12-15,17-19H2,1-2H3,(H2,26,27,28);1H. The van der Waals surface area contributed by atoms with Gasteiger partial charge in [-0.1, -0.05) is 24.3 Å². The molecule has 0 spiro atoms. The molecular weight excluding hydrogens is 513 g/mol. The quantitative estimate of drug-likeness (QED) is 0.311. The lowest BCUT2D eigenvalue weighted by molar-refractivity contribution is 0.415. The number of ether oxygens (including phenoxy) is 1. The Kier molecular flexibility index (Phi) is 9.32. The molecule has 0 aromatic heterocycles. The number of anilines is 2. The van der Waals surface area contributed by atoms with Gasteiger partial charge in [0, 0.05) is 62.8 Å². The second-order valence-electron chi connectivity index (χ2n) is 8.43. The van der Waals surface area contributed by atoms with Crippen molar-refractivity contribution in [2.75, 3.05) is 56.2 Å². The number of methoxy groups -OCH3 is 1. The number of benzene rings is 2. The van der Waals surface area contributed by atoms with E-state index in [2.05, 4.69) is 75.9 Å². The average Bonchev–Trinajstić information content (AvgIpc) is 3.48. The van der Waals surface area contributed by atoms with Gasteiger partial charge in [-0.15, -0.1) is 24.0 Å². The summed E-state index contributed by atoms with van der Waals surface area (Å²) in [7, 11) is 1.72. The van der Waals surface area contributed by atoms with Crippen molar-refractivity contribution in [3.63, 3.8) is 0 Å². The monoisotopic (exact) mass is 549 g/mol. The van der Waals surface area contributed by atoms with Gasteiger partial charge in [-0.2, -0.15) is 0 Å². The molecule has 2 atom stereocenters. The van der Waals surface area contributed by atoms with E-state index < -0.39 is 0 Å². The minimum Gasteiger partial charge on any atom is -0.497 e. The Morgan fingerprint density at radius 3 is 2.53 bits per heavy atom.